The van der Waals surface area contributed by atoms with Crippen LogP contribution in [-0.4, -0.2) is 22.4 Å². The first-order valence-corrected chi connectivity index (χ1v) is 8.34. The summed E-state index contributed by atoms with van der Waals surface area (Å²) in [6.45, 7) is 3.09. The quantitative estimate of drug-likeness (QED) is 0.615. The maximum Gasteiger partial charge on any atom is 0.166 e. The lowest BCUT2D eigenvalue weighted by atomic mass is 9.90. The number of rotatable bonds is 5. The summed E-state index contributed by atoms with van der Waals surface area (Å²) in [5.74, 6) is 2.18. The molecule has 0 atom stereocenters. The van der Waals surface area contributed by atoms with Crippen molar-refractivity contribution in [1.82, 2.24) is 4.57 Å². The van der Waals surface area contributed by atoms with Gasteiger partial charge in [-0.2, -0.15) is 11.8 Å². The monoisotopic (exact) mass is 285 g/mol. The first-order chi connectivity index (χ1) is 9.85. The lowest BCUT2D eigenvalue weighted by Crippen LogP contribution is -2.10. The van der Waals surface area contributed by atoms with Gasteiger partial charge in [0, 0.05) is 17.9 Å². The number of benzene rings is 1. The number of aldehydes is 1. The van der Waals surface area contributed by atoms with E-state index in [0.717, 1.165) is 42.9 Å². The van der Waals surface area contributed by atoms with Crippen LogP contribution < -0.4 is 0 Å². The summed E-state index contributed by atoms with van der Waals surface area (Å²) in [5, 5.41) is 0. The highest BCUT2D eigenvalue weighted by molar-refractivity contribution is 7.99. The molecule has 0 saturated carbocycles. The Morgan fingerprint density at radius 3 is 2.85 bits per heavy atom. The fraction of sp³-hybridized carbons (Fsp3) is 0.353. The van der Waals surface area contributed by atoms with E-state index in [9.17, 15) is 4.79 Å². The van der Waals surface area contributed by atoms with Crippen molar-refractivity contribution in [3.8, 4) is 11.3 Å². The van der Waals surface area contributed by atoms with E-state index in [0.29, 0.717) is 0 Å². The van der Waals surface area contributed by atoms with Crippen LogP contribution in [0.2, 0.25) is 0 Å². The smallest absolute Gasteiger partial charge is 0.166 e. The van der Waals surface area contributed by atoms with E-state index in [1.807, 2.05) is 11.8 Å². The van der Waals surface area contributed by atoms with Crippen LogP contribution in [0.5, 0.6) is 0 Å². The van der Waals surface area contributed by atoms with E-state index in [-0.39, 0.29) is 0 Å². The topological polar surface area (TPSA) is 22.0 Å². The lowest BCUT2D eigenvalue weighted by molar-refractivity contribution is 0.111. The van der Waals surface area contributed by atoms with Crippen molar-refractivity contribution >= 4 is 18.0 Å². The molecule has 1 aliphatic rings. The summed E-state index contributed by atoms with van der Waals surface area (Å²) in [7, 11) is 0. The molecule has 0 N–H and O–H groups in total. The maximum atomic E-state index is 11.4. The van der Waals surface area contributed by atoms with Crippen molar-refractivity contribution in [1.29, 1.82) is 0 Å². The predicted octanol–water partition coefficient (Wildman–Crippen LogP) is 3.82. The van der Waals surface area contributed by atoms with E-state index < -0.39 is 0 Å². The molecule has 0 radical (unpaired) electrons. The minimum Gasteiger partial charge on any atom is -0.337 e. The summed E-state index contributed by atoms with van der Waals surface area (Å²) < 4.78 is 2.21. The fourth-order valence-electron chi connectivity index (χ4n) is 3.01. The molecule has 0 aliphatic heterocycles. The molecule has 0 fully saturated rings. The van der Waals surface area contributed by atoms with E-state index in [1.165, 1.54) is 22.4 Å². The van der Waals surface area contributed by atoms with Crippen LogP contribution in [0, 0.1) is 0 Å². The van der Waals surface area contributed by atoms with Gasteiger partial charge in [-0.25, -0.2) is 0 Å². The van der Waals surface area contributed by atoms with E-state index >= 15 is 0 Å². The Labute approximate surface area is 124 Å². The van der Waals surface area contributed by atoms with Gasteiger partial charge in [0.25, 0.3) is 0 Å². The molecular formula is C17H19NOS. The van der Waals surface area contributed by atoms with Crippen molar-refractivity contribution < 1.29 is 4.79 Å². The second-order valence-corrected chi connectivity index (χ2v) is 6.46. The molecule has 1 heterocycles. The zero-order chi connectivity index (χ0) is 13.9. The van der Waals surface area contributed by atoms with Gasteiger partial charge in [-0.3, -0.25) is 4.79 Å². The Morgan fingerprint density at radius 2 is 2.05 bits per heavy atom. The van der Waals surface area contributed by atoms with Crippen molar-refractivity contribution in [2.24, 2.45) is 0 Å². The number of aromatic nitrogens is 1. The number of hydrogen-bond donors (Lipinski definition) is 0. The van der Waals surface area contributed by atoms with Gasteiger partial charge in [0.1, 0.15) is 0 Å². The molecule has 0 unspecified atom stereocenters. The first-order valence-electron chi connectivity index (χ1n) is 7.18. The summed E-state index contributed by atoms with van der Waals surface area (Å²) in [6, 6.07) is 10.7. The van der Waals surface area contributed by atoms with Crippen molar-refractivity contribution in [3.63, 3.8) is 0 Å². The van der Waals surface area contributed by atoms with Crippen LogP contribution >= 0.6 is 11.8 Å². The van der Waals surface area contributed by atoms with Gasteiger partial charge in [0.2, 0.25) is 0 Å². The lowest BCUT2D eigenvalue weighted by Gasteiger charge is -2.20. The third kappa shape index (κ3) is 2.31. The standard InChI is InChI=1S/C17H19NOS/c1-2-20-10-9-18-15(12-19)11-14-8-7-13-5-3-4-6-16(13)17(14)18/h3-6,11-12H,2,7-10H2,1H3. The number of thioether (sulfide) groups is 1. The van der Waals surface area contributed by atoms with E-state index in [1.54, 1.807) is 0 Å². The summed E-state index contributed by atoms with van der Waals surface area (Å²) in [4.78, 5) is 11.4. The van der Waals surface area contributed by atoms with Crippen molar-refractivity contribution in [2.45, 2.75) is 26.3 Å². The molecule has 3 rings (SSSR count). The molecule has 104 valence electrons. The number of nitrogens with zero attached hydrogens (tertiary/aromatic N) is 1. The summed E-state index contributed by atoms with van der Waals surface area (Å²) >= 11 is 1.92. The van der Waals surface area contributed by atoms with Gasteiger partial charge >= 0.3 is 0 Å². The molecule has 20 heavy (non-hydrogen) atoms. The molecule has 0 spiro atoms. The molecule has 1 aliphatic carbocycles. The van der Waals surface area contributed by atoms with Crippen LogP contribution in [0.1, 0.15) is 28.5 Å². The van der Waals surface area contributed by atoms with Gasteiger partial charge < -0.3 is 4.57 Å². The maximum absolute atomic E-state index is 11.4. The third-order valence-electron chi connectivity index (χ3n) is 3.93. The molecule has 0 bridgehead atoms. The van der Waals surface area contributed by atoms with Crippen LogP contribution in [0.4, 0.5) is 0 Å². The van der Waals surface area contributed by atoms with Gasteiger partial charge in [-0.05, 0) is 35.8 Å². The third-order valence-corrected chi connectivity index (χ3v) is 4.81. The van der Waals surface area contributed by atoms with Gasteiger partial charge in [0.15, 0.2) is 6.29 Å². The highest BCUT2D eigenvalue weighted by Crippen LogP contribution is 2.35. The molecule has 3 heteroatoms. The van der Waals surface area contributed by atoms with E-state index in [4.69, 9.17) is 0 Å². The molecule has 0 saturated heterocycles. The molecule has 1 aromatic heterocycles. The van der Waals surface area contributed by atoms with Gasteiger partial charge in [-0.1, -0.05) is 31.2 Å². The summed E-state index contributed by atoms with van der Waals surface area (Å²) in [5.41, 5.74) is 6.13. The Kier molecular flexibility index (Phi) is 3.97. The van der Waals surface area contributed by atoms with Crippen LogP contribution in [0.25, 0.3) is 11.3 Å². The minimum absolute atomic E-state index is 0.823. The normalized spacial score (nSPS) is 12.8. The first kappa shape index (κ1) is 13.5. The van der Waals surface area contributed by atoms with Crippen molar-refractivity contribution in [3.05, 3.63) is 47.2 Å². The van der Waals surface area contributed by atoms with Gasteiger partial charge in [0.05, 0.1) is 11.4 Å². The Balaban J connectivity index is 2.06. The Morgan fingerprint density at radius 1 is 1.25 bits per heavy atom. The second-order valence-electron chi connectivity index (χ2n) is 5.07. The number of carbonyl (C=O) groups excluding carboxylic acids is 1. The average Bonchev–Trinajstić information content (AvgIpc) is 2.86. The van der Waals surface area contributed by atoms with E-state index in [2.05, 4.69) is 41.8 Å². The number of aryl methyl sites for hydroxylation is 2. The van der Waals surface area contributed by atoms with Gasteiger partial charge in [-0.15, -0.1) is 0 Å². The van der Waals surface area contributed by atoms with Crippen LogP contribution in [-0.2, 0) is 19.4 Å². The highest BCUT2D eigenvalue weighted by Gasteiger charge is 2.22. The number of hydrogen-bond acceptors (Lipinski definition) is 2. The summed E-state index contributed by atoms with van der Waals surface area (Å²) in [6.07, 6.45) is 3.12. The van der Waals surface area contributed by atoms with Crippen molar-refractivity contribution in [2.75, 3.05) is 11.5 Å². The minimum atomic E-state index is 0.823. The molecule has 0 amide bonds. The fourth-order valence-corrected chi connectivity index (χ4v) is 3.61. The number of carbonyl (C=O) groups is 1. The Hall–Kier alpha value is -1.48. The zero-order valence-corrected chi connectivity index (χ0v) is 12.6. The second kappa shape index (κ2) is 5.88. The van der Waals surface area contributed by atoms with Crippen LogP contribution in [0.3, 0.4) is 0 Å². The highest BCUT2D eigenvalue weighted by atomic mass is 32.2. The molecule has 2 nitrogen and oxygen atoms in total. The molecule has 2 aromatic rings. The molecule has 1 aromatic carbocycles. The van der Waals surface area contributed by atoms with Crippen LogP contribution in [0.15, 0.2) is 30.3 Å². The Bertz CT molecular complexity index is 630. The average molecular weight is 285 g/mol. The zero-order valence-electron chi connectivity index (χ0n) is 11.8. The molecular weight excluding hydrogens is 266 g/mol. The SMILES string of the molecule is CCSCCn1c(C=O)cc2c1-c1ccccc1CC2. The largest absolute Gasteiger partial charge is 0.337 e. The predicted molar refractivity (Wildman–Crippen MR) is 85.7 cm³/mol. The number of fused-ring (bicyclic) bond motifs is 3.